The number of nitriles is 1. The van der Waals surface area contributed by atoms with Crippen molar-refractivity contribution in [2.45, 2.75) is 27.2 Å². The highest BCUT2D eigenvalue weighted by Gasteiger charge is 2.29. The lowest BCUT2D eigenvalue weighted by molar-refractivity contribution is 0.0832. The van der Waals surface area contributed by atoms with Crippen molar-refractivity contribution in [2.24, 2.45) is 5.41 Å². The van der Waals surface area contributed by atoms with E-state index in [0.717, 1.165) is 0 Å². The molecule has 0 heterocycles. The maximum atomic E-state index is 13.3. The van der Waals surface area contributed by atoms with Crippen molar-refractivity contribution in [2.75, 3.05) is 0 Å². The third kappa shape index (κ3) is 2.11. The fourth-order valence-corrected chi connectivity index (χ4v) is 1.35. The Morgan fingerprint density at radius 2 is 2.12 bits per heavy atom. The molecular formula is C13H14FNO. The summed E-state index contributed by atoms with van der Waals surface area (Å²) in [5, 5.41) is 8.84. The van der Waals surface area contributed by atoms with E-state index in [2.05, 4.69) is 0 Å². The number of rotatable bonds is 3. The Kier molecular flexibility index (Phi) is 3.44. The van der Waals surface area contributed by atoms with Crippen LogP contribution in [0.2, 0.25) is 0 Å². The Hall–Kier alpha value is -1.69. The molecule has 1 aromatic carbocycles. The number of halogens is 1. The van der Waals surface area contributed by atoms with E-state index in [1.165, 1.54) is 18.2 Å². The molecule has 0 atom stereocenters. The van der Waals surface area contributed by atoms with Crippen molar-refractivity contribution in [1.82, 2.24) is 0 Å². The molecule has 0 aliphatic heterocycles. The van der Waals surface area contributed by atoms with Crippen molar-refractivity contribution < 1.29 is 9.18 Å². The van der Waals surface area contributed by atoms with Gasteiger partial charge < -0.3 is 0 Å². The number of hydrogen-bond acceptors (Lipinski definition) is 2. The zero-order valence-electron chi connectivity index (χ0n) is 9.67. The molecule has 0 spiro atoms. The molecule has 0 amide bonds. The maximum absolute atomic E-state index is 13.3. The van der Waals surface area contributed by atoms with Gasteiger partial charge in [-0.15, -0.1) is 0 Å². The average Bonchev–Trinajstić information content (AvgIpc) is 2.27. The summed E-state index contributed by atoms with van der Waals surface area (Å²) >= 11 is 0. The lowest BCUT2D eigenvalue weighted by Gasteiger charge is -2.21. The molecule has 0 saturated heterocycles. The predicted molar refractivity (Wildman–Crippen MR) is 59.5 cm³/mol. The van der Waals surface area contributed by atoms with E-state index in [0.29, 0.717) is 6.42 Å². The SMILES string of the molecule is CCC(C)(C)C(=O)c1cccc(F)c1C#N. The van der Waals surface area contributed by atoms with Crippen LogP contribution in [0.5, 0.6) is 0 Å². The molecule has 0 aliphatic rings. The highest BCUT2D eigenvalue weighted by molar-refractivity contribution is 6.02. The molecule has 0 N–H and O–H groups in total. The number of carbonyl (C=O) groups excluding carboxylic acids is 1. The van der Waals surface area contributed by atoms with Crippen LogP contribution in [-0.2, 0) is 0 Å². The predicted octanol–water partition coefficient (Wildman–Crippen LogP) is 3.32. The summed E-state index contributed by atoms with van der Waals surface area (Å²) < 4.78 is 13.3. The van der Waals surface area contributed by atoms with Crippen LogP contribution in [-0.4, -0.2) is 5.78 Å². The minimum Gasteiger partial charge on any atom is -0.294 e. The quantitative estimate of drug-likeness (QED) is 0.732. The molecule has 0 bridgehead atoms. The number of nitrogens with zero attached hydrogens (tertiary/aromatic N) is 1. The minimum absolute atomic E-state index is 0.158. The van der Waals surface area contributed by atoms with E-state index in [1.807, 2.05) is 6.92 Å². The number of hydrogen-bond donors (Lipinski definition) is 0. The van der Waals surface area contributed by atoms with Gasteiger partial charge in [0.25, 0.3) is 0 Å². The van der Waals surface area contributed by atoms with Crippen molar-refractivity contribution in [3.05, 3.63) is 35.1 Å². The van der Waals surface area contributed by atoms with E-state index in [9.17, 15) is 9.18 Å². The smallest absolute Gasteiger partial charge is 0.169 e. The topological polar surface area (TPSA) is 40.9 Å². The molecule has 0 radical (unpaired) electrons. The molecule has 0 aromatic heterocycles. The molecule has 0 saturated carbocycles. The van der Waals surface area contributed by atoms with Crippen LogP contribution in [0.4, 0.5) is 4.39 Å². The monoisotopic (exact) mass is 219 g/mol. The van der Waals surface area contributed by atoms with Crippen LogP contribution in [0.1, 0.15) is 43.1 Å². The molecule has 1 rings (SSSR count). The largest absolute Gasteiger partial charge is 0.294 e. The second-order valence-electron chi connectivity index (χ2n) is 4.34. The number of Topliss-reactive ketones (excluding diaryl/α,β-unsaturated/α-hetero) is 1. The van der Waals surface area contributed by atoms with Gasteiger partial charge in [0, 0.05) is 11.0 Å². The standard InChI is InChI=1S/C13H14FNO/c1-4-13(2,3)12(16)9-6-5-7-11(14)10(9)8-15/h5-7H,4H2,1-3H3. The maximum Gasteiger partial charge on any atom is 0.169 e. The van der Waals surface area contributed by atoms with E-state index in [4.69, 9.17) is 5.26 Å². The van der Waals surface area contributed by atoms with Crippen LogP contribution in [0.3, 0.4) is 0 Å². The van der Waals surface area contributed by atoms with Gasteiger partial charge in [0.2, 0.25) is 0 Å². The second-order valence-corrected chi connectivity index (χ2v) is 4.34. The first-order chi connectivity index (χ1) is 7.44. The zero-order valence-corrected chi connectivity index (χ0v) is 9.67. The van der Waals surface area contributed by atoms with Gasteiger partial charge in [-0.25, -0.2) is 4.39 Å². The van der Waals surface area contributed by atoms with Gasteiger partial charge >= 0.3 is 0 Å². The summed E-state index contributed by atoms with van der Waals surface area (Å²) in [5.41, 5.74) is -0.553. The molecule has 3 heteroatoms. The normalized spacial score (nSPS) is 10.9. The van der Waals surface area contributed by atoms with Crippen LogP contribution in [0.15, 0.2) is 18.2 Å². The van der Waals surface area contributed by atoms with E-state index >= 15 is 0 Å². The average molecular weight is 219 g/mol. The van der Waals surface area contributed by atoms with E-state index < -0.39 is 11.2 Å². The third-order valence-electron chi connectivity index (χ3n) is 2.87. The molecule has 0 unspecified atom stereocenters. The molecule has 16 heavy (non-hydrogen) atoms. The van der Waals surface area contributed by atoms with Gasteiger partial charge in [0.1, 0.15) is 11.9 Å². The fourth-order valence-electron chi connectivity index (χ4n) is 1.35. The first-order valence-corrected chi connectivity index (χ1v) is 5.17. The van der Waals surface area contributed by atoms with Gasteiger partial charge in [0.05, 0.1) is 5.56 Å². The lowest BCUT2D eigenvalue weighted by atomic mass is 9.81. The summed E-state index contributed by atoms with van der Waals surface area (Å²) in [6.07, 6.45) is 0.646. The van der Waals surface area contributed by atoms with Crippen molar-refractivity contribution in [3.63, 3.8) is 0 Å². The highest BCUT2D eigenvalue weighted by Crippen LogP contribution is 2.27. The van der Waals surface area contributed by atoms with Crippen LogP contribution in [0, 0.1) is 22.6 Å². The Balaban J connectivity index is 3.31. The van der Waals surface area contributed by atoms with Crippen molar-refractivity contribution in [3.8, 4) is 6.07 Å². The summed E-state index contributed by atoms with van der Waals surface area (Å²) in [4.78, 5) is 12.1. The van der Waals surface area contributed by atoms with Crippen LogP contribution >= 0.6 is 0 Å². The number of carbonyl (C=O) groups is 1. The highest BCUT2D eigenvalue weighted by atomic mass is 19.1. The third-order valence-corrected chi connectivity index (χ3v) is 2.87. The summed E-state index contributed by atoms with van der Waals surface area (Å²) in [5.74, 6) is -0.827. The van der Waals surface area contributed by atoms with E-state index in [1.54, 1.807) is 19.9 Å². The van der Waals surface area contributed by atoms with Crippen LogP contribution in [0.25, 0.3) is 0 Å². The van der Waals surface area contributed by atoms with Gasteiger partial charge in [-0.2, -0.15) is 5.26 Å². The minimum atomic E-state index is -0.639. The van der Waals surface area contributed by atoms with Crippen molar-refractivity contribution >= 4 is 5.78 Å². The molecule has 84 valence electrons. The van der Waals surface area contributed by atoms with Gasteiger partial charge in [-0.1, -0.05) is 26.8 Å². The summed E-state index contributed by atoms with van der Waals surface area (Å²) in [7, 11) is 0. The van der Waals surface area contributed by atoms with Crippen molar-refractivity contribution in [1.29, 1.82) is 5.26 Å². The zero-order chi connectivity index (χ0) is 12.3. The number of ketones is 1. The Morgan fingerprint density at radius 1 is 1.50 bits per heavy atom. The lowest BCUT2D eigenvalue weighted by Crippen LogP contribution is -2.24. The fraction of sp³-hybridized carbons (Fsp3) is 0.385. The summed E-state index contributed by atoms with van der Waals surface area (Å²) in [6, 6.07) is 5.89. The van der Waals surface area contributed by atoms with Gasteiger partial charge in [0.15, 0.2) is 5.78 Å². The first kappa shape index (κ1) is 12.4. The van der Waals surface area contributed by atoms with Crippen LogP contribution < -0.4 is 0 Å². The molecule has 0 fully saturated rings. The Labute approximate surface area is 94.7 Å². The second kappa shape index (κ2) is 4.44. The van der Waals surface area contributed by atoms with Gasteiger partial charge in [-0.05, 0) is 18.6 Å². The first-order valence-electron chi connectivity index (χ1n) is 5.17. The molecule has 1 aromatic rings. The molecule has 2 nitrogen and oxygen atoms in total. The Morgan fingerprint density at radius 3 is 2.62 bits per heavy atom. The van der Waals surface area contributed by atoms with Gasteiger partial charge in [-0.3, -0.25) is 4.79 Å². The van der Waals surface area contributed by atoms with E-state index in [-0.39, 0.29) is 16.9 Å². The molecular weight excluding hydrogens is 205 g/mol. The molecule has 0 aliphatic carbocycles. The number of benzene rings is 1. The Bertz CT molecular complexity index is 457. The summed E-state index contributed by atoms with van der Waals surface area (Å²) in [6.45, 7) is 5.48.